The largest absolute Gasteiger partial charge is 0.384 e. The number of pyridine rings is 1. The van der Waals surface area contributed by atoms with Crippen LogP contribution in [0.3, 0.4) is 0 Å². The van der Waals surface area contributed by atoms with E-state index in [1.165, 1.54) is 29.7 Å². The molecule has 96 valence electrons. The van der Waals surface area contributed by atoms with Crippen LogP contribution >= 0.6 is 11.8 Å². The SMILES string of the molecule is CSCCCCNc1cc(C)nc2ccccc12. The lowest BCUT2D eigenvalue weighted by Gasteiger charge is -2.10. The van der Waals surface area contributed by atoms with Crippen LogP contribution in [0.5, 0.6) is 0 Å². The Morgan fingerprint density at radius 1 is 1.22 bits per heavy atom. The van der Waals surface area contributed by atoms with Crippen LogP contribution in [-0.2, 0) is 0 Å². The molecule has 0 amide bonds. The molecule has 2 aromatic rings. The number of anilines is 1. The van der Waals surface area contributed by atoms with Gasteiger partial charge in [0, 0.05) is 23.3 Å². The lowest BCUT2D eigenvalue weighted by atomic mass is 10.1. The van der Waals surface area contributed by atoms with Crippen LogP contribution in [0.4, 0.5) is 5.69 Å². The zero-order chi connectivity index (χ0) is 12.8. The van der Waals surface area contributed by atoms with Crippen molar-refractivity contribution in [2.45, 2.75) is 19.8 Å². The average molecular weight is 260 g/mol. The molecule has 2 rings (SSSR count). The summed E-state index contributed by atoms with van der Waals surface area (Å²) in [5, 5.41) is 4.75. The molecule has 0 aliphatic heterocycles. The summed E-state index contributed by atoms with van der Waals surface area (Å²) in [6.07, 6.45) is 4.65. The molecular formula is C15H20N2S. The van der Waals surface area contributed by atoms with E-state index in [-0.39, 0.29) is 0 Å². The van der Waals surface area contributed by atoms with Gasteiger partial charge in [-0.05, 0) is 43.9 Å². The Kier molecular flexibility index (Phi) is 4.88. The van der Waals surface area contributed by atoms with Gasteiger partial charge in [0.2, 0.25) is 0 Å². The Morgan fingerprint density at radius 2 is 2.06 bits per heavy atom. The van der Waals surface area contributed by atoms with Gasteiger partial charge in [0.1, 0.15) is 0 Å². The van der Waals surface area contributed by atoms with Crippen molar-refractivity contribution in [1.29, 1.82) is 0 Å². The Bertz CT molecular complexity index is 511. The van der Waals surface area contributed by atoms with Gasteiger partial charge in [0.05, 0.1) is 5.52 Å². The van der Waals surface area contributed by atoms with E-state index in [0.717, 1.165) is 17.8 Å². The molecule has 3 heteroatoms. The maximum absolute atomic E-state index is 4.55. The average Bonchev–Trinajstić information content (AvgIpc) is 2.38. The maximum atomic E-state index is 4.55. The molecule has 0 aliphatic rings. The summed E-state index contributed by atoms with van der Waals surface area (Å²) >= 11 is 1.92. The number of fused-ring (bicyclic) bond motifs is 1. The lowest BCUT2D eigenvalue weighted by molar-refractivity contribution is 0.844. The molecule has 0 radical (unpaired) electrons. The maximum Gasteiger partial charge on any atom is 0.0725 e. The van der Waals surface area contributed by atoms with Crippen molar-refractivity contribution in [3.63, 3.8) is 0 Å². The summed E-state index contributed by atoms with van der Waals surface area (Å²) in [5.74, 6) is 1.25. The minimum Gasteiger partial charge on any atom is -0.384 e. The number of para-hydroxylation sites is 1. The van der Waals surface area contributed by atoms with E-state index < -0.39 is 0 Å². The van der Waals surface area contributed by atoms with E-state index in [1.807, 2.05) is 24.8 Å². The van der Waals surface area contributed by atoms with E-state index in [2.05, 4.69) is 40.8 Å². The van der Waals surface area contributed by atoms with E-state index in [9.17, 15) is 0 Å². The number of nitrogens with one attached hydrogen (secondary N) is 1. The number of aryl methyl sites for hydroxylation is 1. The van der Waals surface area contributed by atoms with Crippen LogP contribution in [0.1, 0.15) is 18.5 Å². The summed E-state index contributed by atoms with van der Waals surface area (Å²) in [5.41, 5.74) is 3.35. The fourth-order valence-electron chi connectivity index (χ4n) is 2.05. The molecule has 0 saturated heterocycles. The molecule has 1 aromatic carbocycles. The van der Waals surface area contributed by atoms with E-state index in [1.54, 1.807) is 0 Å². The van der Waals surface area contributed by atoms with Crippen molar-refractivity contribution in [3.8, 4) is 0 Å². The molecule has 18 heavy (non-hydrogen) atoms. The third kappa shape index (κ3) is 3.39. The van der Waals surface area contributed by atoms with E-state index in [4.69, 9.17) is 0 Å². The van der Waals surface area contributed by atoms with Gasteiger partial charge in [0.15, 0.2) is 0 Å². The summed E-state index contributed by atoms with van der Waals surface area (Å²) in [4.78, 5) is 4.55. The lowest BCUT2D eigenvalue weighted by Crippen LogP contribution is -2.03. The van der Waals surface area contributed by atoms with Gasteiger partial charge >= 0.3 is 0 Å². The van der Waals surface area contributed by atoms with Crippen molar-refractivity contribution in [2.24, 2.45) is 0 Å². The minimum absolute atomic E-state index is 1.04. The van der Waals surface area contributed by atoms with Gasteiger partial charge in [0.25, 0.3) is 0 Å². The second-order valence-electron chi connectivity index (χ2n) is 4.46. The highest BCUT2D eigenvalue weighted by molar-refractivity contribution is 7.98. The molecule has 2 nitrogen and oxygen atoms in total. The van der Waals surface area contributed by atoms with Crippen LogP contribution in [0.2, 0.25) is 0 Å². The van der Waals surface area contributed by atoms with Gasteiger partial charge in [-0.3, -0.25) is 4.98 Å². The summed E-state index contributed by atoms with van der Waals surface area (Å²) in [7, 11) is 0. The number of hydrogen-bond acceptors (Lipinski definition) is 3. The zero-order valence-corrected chi connectivity index (χ0v) is 11.9. The number of thioether (sulfide) groups is 1. The molecule has 1 aromatic heterocycles. The number of unbranched alkanes of at least 4 members (excludes halogenated alkanes) is 1. The molecule has 0 spiro atoms. The highest BCUT2D eigenvalue weighted by atomic mass is 32.2. The van der Waals surface area contributed by atoms with Gasteiger partial charge in [-0.25, -0.2) is 0 Å². The molecule has 0 atom stereocenters. The molecule has 0 saturated carbocycles. The highest BCUT2D eigenvalue weighted by Crippen LogP contribution is 2.22. The topological polar surface area (TPSA) is 24.9 Å². The Labute approximate surface area is 113 Å². The number of nitrogens with zero attached hydrogens (tertiary/aromatic N) is 1. The van der Waals surface area contributed by atoms with Crippen LogP contribution in [0, 0.1) is 6.92 Å². The normalized spacial score (nSPS) is 10.8. The second kappa shape index (κ2) is 6.64. The Balaban J connectivity index is 2.07. The number of benzene rings is 1. The molecule has 0 unspecified atom stereocenters. The standard InChI is InChI=1S/C15H20N2S/c1-12-11-15(16-9-5-6-10-18-2)13-7-3-4-8-14(13)17-12/h3-4,7-8,11H,5-6,9-10H2,1-2H3,(H,16,17). The first-order chi connectivity index (χ1) is 8.81. The first-order valence-electron chi connectivity index (χ1n) is 6.40. The molecule has 0 bridgehead atoms. The fraction of sp³-hybridized carbons (Fsp3) is 0.400. The van der Waals surface area contributed by atoms with E-state index in [0.29, 0.717) is 0 Å². The number of aromatic nitrogens is 1. The predicted octanol–water partition coefficient (Wildman–Crippen LogP) is 4.10. The van der Waals surface area contributed by atoms with Gasteiger partial charge in [-0.2, -0.15) is 11.8 Å². The predicted molar refractivity (Wildman–Crippen MR) is 82.6 cm³/mol. The third-order valence-corrected chi connectivity index (χ3v) is 3.63. The quantitative estimate of drug-likeness (QED) is 0.792. The number of rotatable bonds is 6. The van der Waals surface area contributed by atoms with Crippen molar-refractivity contribution < 1.29 is 0 Å². The van der Waals surface area contributed by atoms with Crippen molar-refractivity contribution in [3.05, 3.63) is 36.0 Å². The molecule has 1 heterocycles. The van der Waals surface area contributed by atoms with Gasteiger partial charge in [-0.15, -0.1) is 0 Å². The molecule has 0 aliphatic carbocycles. The second-order valence-corrected chi connectivity index (χ2v) is 5.44. The van der Waals surface area contributed by atoms with Crippen molar-refractivity contribution in [1.82, 2.24) is 4.98 Å². The first-order valence-corrected chi connectivity index (χ1v) is 7.80. The minimum atomic E-state index is 1.04. The van der Waals surface area contributed by atoms with Crippen LogP contribution < -0.4 is 5.32 Å². The third-order valence-electron chi connectivity index (χ3n) is 2.93. The van der Waals surface area contributed by atoms with Crippen LogP contribution in [0.15, 0.2) is 30.3 Å². The first kappa shape index (κ1) is 13.2. The smallest absolute Gasteiger partial charge is 0.0725 e. The summed E-state index contributed by atoms with van der Waals surface area (Å²) in [6.45, 7) is 3.08. The Hall–Kier alpha value is -1.22. The van der Waals surface area contributed by atoms with Crippen molar-refractivity contribution in [2.75, 3.05) is 23.9 Å². The van der Waals surface area contributed by atoms with Crippen LogP contribution in [0.25, 0.3) is 10.9 Å². The monoisotopic (exact) mass is 260 g/mol. The molecular weight excluding hydrogens is 240 g/mol. The van der Waals surface area contributed by atoms with Gasteiger partial charge < -0.3 is 5.32 Å². The Morgan fingerprint density at radius 3 is 2.89 bits per heavy atom. The summed E-state index contributed by atoms with van der Waals surface area (Å²) in [6, 6.07) is 10.4. The summed E-state index contributed by atoms with van der Waals surface area (Å²) < 4.78 is 0. The van der Waals surface area contributed by atoms with Crippen molar-refractivity contribution >= 4 is 28.4 Å². The van der Waals surface area contributed by atoms with Crippen LogP contribution in [-0.4, -0.2) is 23.5 Å². The van der Waals surface area contributed by atoms with E-state index >= 15 is 0 Å². The zero-order valence-electron chi connectivity index (χ0n) is 11.1. The van der Waals surface area contributed by atoms with Gasteiger partial charge in [-0.1, -0.05) is 18.2 Å². The molecule has 1 N–H and O–H groups in total. The highest BCUT2D eigenvalue weighted by Gasteiger charge is 2.02. The number of hydrogen-bond donors (Lipinski definition) is 1. The molecule has 0 fully saturated rings. The fourth-order valence-corrected chi connectivity index (χ4v) is 2.54.